The molecule has 0 aromatic carbocycles. The van der Waals surface area contributed by atoms with Crippen molar-refractivity contribution in [3.05, 3.63) is 0 Å². The topological polar surface area (TPSA) is 58.2 Å². The molecule has 1 fully saturated rings. The van der Waals surface area contributed by atoms with Crippen LogP contribution in [0.3, 0.4) is 0 Å². The summed E-state index contributed by atoms with van der Waals surface area (Å²) in [7, 11) is 0. The number of carbonyl (C=O) groups is 2. The monoisotopic (exact) mass is 142 g/mol. The average Bonchev–Trinajstić information content (AvgIpc) is 1.96. The average molecular weight is 142 g/mol. The van der Waals surface area contributed by atoms with Crippen LogP contribution in [0.25, 0.3) is 0 Å². The molecule has 1 rings (SSSR count). The molecule has 1 atom stereocenters. The van der Waals surface area contributed by atoms with Gasteiger partial charge in [0.1, 0.15) is 0 Å². The predicted molar refractivity (Wildman–Crippen MR) is 35.2 cm³/mol. The molecule has 2 amide bonds. The van der Waals surface area contributed by atoms with Crippen LogP contribution in [0.5, 0.6) is 0 Å². The van der Waals surface area contributed by atoms with Crippen molar-refractivity contribution in [1.29, 1.82) is 0 Å². The number of amides is 2. The van der Waals surface area contributed by atoms with Gasteiger partial charge in [0, 0.05) is 12.6 Å². The van der Waals surface area contributed by atoms with Gasteiger partial charge in [-0.2, -0.15) is 0 Å². The smallest absolute Gasteiger partial charge is 0.309 e. The highest BCUT2D eigenvalue weighted by atomic mass is 16.2. The van der Waals surface area contributed by atoms with Crippen molar-refractivity contribution in [3.8, 4) is 0 Å². The van der Waals surface area contributed by atoms with E-state index in [0.717, 1.165) is 6.42 Å². The van der Waals surface area contributed by atoms with Gasteiger partial charge in [0.25, 0.3) is 0 Å². The van der Waals surface area contributed by atoms with Gasteiger partial charge in [-0.25, -0.2) is 0 Å². The summed E-state index contributed by atoms with van der Waals surface area (Å²) < 4.78 is 0. The van der Waals surface area contributed by atoms with Gasteiger partial charge in [-0.15, -0.1) is 0 Å². The highest BCUT2D eigenvalue weighted by Gasteiger charge is 2.18. The first-order valence-corrected chi connectivity index (χ1v) is 3.29. The Hall–Kier alpha value is -1.06. The van der Waals surface area contributed by atoms with Crippen LogP contribution in [0, 0.1) is 0 Å². The summed E-state index contributed by atoms with van der Waals surface area (Å²) >= 11 is 0. The van der Waals surface area contributed by atoms with E-state index < -0.39 is 11.8 Å². The summed E-state index contributed by atoms with van der Waals surface area (Å²) in [4.78, 5) is 21.3. The highest BCUT2D eigenvalue weighted by molar-refractivity contribution is 6.35. The Morgan fingerprint density at radius 1 is 1.40 bits per heavy atom. The molecule has 1 aliphatic rings. The van der Waals surface area contributed by atoms with E-state index in [1.165, 1.54) is 0 Å². The maximum Gasteiger partial charge on any atom is 0.309 e. The molecule has 0 aliphatic carbocycles. The quantitative estimate of drug-likeness (QED) is 0.427. The van der Waals surface area contributed by atoms with Gasteiger partial charge in [-0.1, -0.05) is 0 Å². The Balaban J connectivity index is 2.57. The molecule has 4 nitrogen and oxygen atoms in total. The third-order valence-corrected chi connectivity index (χ3v) is 1.45. The lowest BCUT2D eigenvalue weighted by Gasteiger charge is -2.05. The van der Waals surface area contributed by atoms with Crippen LogP contribution in [0.2, 0.25) is 0 Å². The van der Waals surface area contributed by atoms with Crippen LogP contribution in [0.15, 0.2) is 0 Å². The predicted octanol–water partition coefficient (Wildman–Crippen LogP) is -0.989. The van der Waals surface area contributed by atoms with Crippen LogP contribution >= 0.6 is 0 Å². The van der Waals surface area contributed by atoms with E-state index >= 15 is 0 Å². The third kappa shape index (κ3) is 1.46. The fourth-order valence-electron chi connectivity index (χ4n) is 0.844. The number of carbonyl (C=O) groups excluding carboxylic acids is 2. The number of hydrogen-bond acceptors (Lipinski definition) is 2. The second kappa shape index (κ2) is 2.68. The van der Waals surface area contributed by atoms with Crippen LogP contribution in [-0.2, 0) is 9.59 Å². The third-order valence-electron chi connectivity index (χ3n) is 1.45. The summed E-state index contributed by atoms with van der Waals surface area (Å²) in [5.41, 5.74) is 0. The highest BCUT2D eigenvalue weighted by Crippen LogP contribution is 1.91. The Bertz CT molecular complexity index is 167. The summed E-state index contributed by atoms with van der Waals surface area (Å²) in [5, 5.41) is 5.01. The molecule has 56 valence electrons. The summed E-state index contributed by atoms with van der Waals surface area (Å²) in [6.07, 6.45) is 0.803. The van der Waals surface area contributed by atoms with Gasteiger partial charge in [0.05, 0.1) is 0 Å². The van der Waals surface area contributed by atoms with E-state index in [9.17, 15) is 9.59 Å². The minimum Gasteiger partial charge on any atom is -0.348 e. The van der Waals surface area contributed by atoms with Gasteiger partial charge in [0.15, 0.2) is 0 Å². The van der Waals surface area contributed by atoms with Crippen LogP contribution < -0.4 is 10.6 Å². The molecule has 0 radical (unpaired) electrons. The summed E-state index contributed by atoms with van der Waals surface area (Å²) in [5.74, 6) is -1.05. The minimum absolute atomic E-state index is 0.103. The Kier molecular flexibility index (Phi) is 1.89. The zero-order valence-electron chi connectivity index (χ0n) is 5.81. The number of hydrogen-bond donors (Lipinski definition) is 2. The second-order valence-corrected chi connectivity index (χ2v) is 2.42. The number of nitrogens with one attached hydrogen (secondary N) is 2. The Labute approximate surface area is 59.0 Å². The molecule has 10 heavy (non-hydrogen) atoms. The molecule has 0 bridgehead atoms. The maximum absolute atomic E-state index is 10.7. The van der Waals surface area contributed by atoms with Crippen molar-refractivity contribution in [2.45, 2.75) is 19.4 Å². The van der Waals surface area contributed by atoms with E-state index in [1.54, 1.807) is 0 Å². The van der Waals surface area contributed by atoms with Crippen LogP contribution in [-0.4, -0.2) is 24.4 Å². The lowest BCUT2D eigenvalue weighted by Crippen LogP contribution is -2.38. The molecular formula is C6H10N2O2. The van der Waals surface area contributed by atoms with Crippen molar-refractivity contribution in [3.63, 3.8) is 0 Å². The van der Waals surface area contributed by atoms with E-state index in [2.05, 4.69) is 10.6 Å². The Morgan fingerprint density at radius 2 is 2.10 bits per heavy atom. The van der Waals surface area contributed by atoms with Crippen molar-refractivity contribution >= 4 is 11.8 Å². The normalized spacial score (nSPS) is 26.7. The molecule has 0 saturated carbocycles. The molecule has 0 aromatic heterocycles. The van der Waals surface area contributed by atoms with Gasteiger partial charge in [0.2, 0.25) is 0 Å². The Morgan fingerprint density at radius 3 is 2.80 bits per heavy atom. The molecule has 0 spiro atoms. The molecule has 1 aliphatic heterocycles. The molecular weight excluding hydrogens is 132 g/mol. The molecule has 0 aromatic rings. The van der Waals surface area contributed by atoms with Gasteiger partial charge in [-0.05, 0) is 13.3 Å². The van der Waals surface area contributed by atoms with Crippen molar-refractivity contribution in [2.75, 3.05) is 6.54 Å². The van der Waals surface area contributed by atoms with Crippen molar-refractivity contribution in [1.82, 2.24) is 10.6 Å². The molecule has 1 unspecified atom stereocenters. The van der Waals surface area contributed by atoms with Crippen molar-refractivity contribution < 1.29 is 9.59 Å². The zero-order chi connectivity index (χ0) is 7.56. The van der Waals surface area contributed by atoms with Gasteiger partial charge in [-0.3, -0.25) is 9.59 Å². The maximum atomic E-state index is 10.7. The largest absolute Gasteiger partial charge is 0.348 e. The first-order chi connectivity index (χ1) is 4.70. The van der Waals surface area contributed by atoms with E-state index in [4.69, 9.17) is 0 Å². The fourth-order valence-corrected chi connectivity index (χ4v) is 0.844. The van der Waals surface area contributed by atoms with Crippen molar-refractivity contribution in [2.24, 2.45) is 0 Å². The van der Waals surface area contributed by atoms with Gasteiger partial charge < -0.3 is 10.6 Å². The standard InChI is InChI=1S/C6H10N2O2/c1-4-2-3-7-5(9)6(10)8-4/h4H,2-3H2,1H3,(H,7,9)(H,8,10). The fraction of sp³-hybridized carbons (Fsp3) is 0.667. The number of rotatable bonds is 0. The lowest BCUT2D eigenvalue weighted by molar-refractivity contribution is -0.138. The lowest BCUT2D eigenvalue weighted by atomic mass is 10.2. The minimum atomic E-state index is -0.524. The van der Waals surface area contributed by atoms with E-state index in [0.29, 0.717) is 6.54 Å². The van der Waals surface area contributed by atoms with Gasteiger partial charge >= 0.3 is 11.8 Å². The first-order valence-electron chi connectivity index (χ1n) is 3.29. The summed E-state index contributed by atoms with van der Waals surface area (Å²) in [6, 6.07) is 0.103. The van der Waals surface area contributed by atoms with Crippen LogP contribution in [0.4, 0.5) is 0 Å². The zero-order valence-corrected chi connectivity index (χ0v) is 5.81. The van der Waals surface area contributed by atoms with E-state index in [-0.39, 0.29) is 6.04 Å². The second-order valence-electron chi connectivity index (χ2n) is 2.42. The van der Waals surface area contributed by atoms with E-state index in [1.807, 2.05) is 6.92 Å². The molecule has 4 heteroatoms. The summed E-state index contributed by atoms with van der Waals surface area (Å²) in [6.45, 7) is 2.46. The molecule has 2 N–H and O–H groups in total. The first kappa shape index (κ1) is 7.05. The molecule has 1 saturated heterocycles. The molecule has 1 heterocycles. The van der Waals surface area contributed by atoms with Crippen LogP contribution in [0.1, 0.15) is 13.3 Å². The SMILES string of the molecule is CC1CCNC(=O)C(=O)N1.